The van der Waals surface area contributed by atoms with Gasteiger partial charge in [-0.2, -0.15) is 0 Å². The molecule has 14 heavy (non-hydrogen) atoms. The van der Waals surface area contributed by atoms with E-state index < -0.39 is 0 Å². The second kappa shape index (κ2) is 3.67. The van der Waals surface area contributed by atoms with Crippen LogP contribution in [0.4, 0.5) is 0 Å². The molecule has 0 fully saturated rings. The molecule has 0 amide bonds. The molecule has 0 saturated carbocycles. The summed E-state index contributed by atoms with van der Waals surface area (Å²) in [6.45, 7) is 0.731. The van der Waals surface area contributed by atoms with Crippen molar-refractivity contribution in [2.75, 3.05) is 14.2 Å². The Morgan fingerprint density at radius 2 is 2.36 bits per heavy atom. The Bertz CT molecular complexity index is 436. The zero-order valence-electron chi connectivity index (χ0n) is 8.32. The quantitative estimate of drug-likeness (QED) is 0.788. The van der Waals surface area contributed by atoms with E-state index in [1.807, 2.05) is 35.8 Å². The number of imidazole rings is 1. The van der Waals surface area contributed by atoms with Crippen molar-refractivity contribution in [3.63, 3.8) is 0 Å². The Morgan fingerprint density at radius 1 is 1.50 bits per heavy atom. The first-order valence-electron chi connectivity index (χ1n) is 4.50. The lowest BCUT2D eigenvalue weighted by Gasteiger charge is -2.06. The van der Waals surface area contributed by atoms with Crippen LogP contribution in [-0.2, 0) is 6.54 Å². The molecule has 0 aromatic carbocycles. The molecule has 2 rings (SSSR count). The van der Waals surface area contributed by atoms with Crippen LogP contribution in [0, 0.1) is 0 Å². The van der Waals surface area contributed by atoms with Gasteiger partial charge in [-0.25, -0.2) is 4.98 Å². The zero-order valence-corrected chi connectivity index (χ0v) is 8.32. The van der Waals surface area contributed by atoms with Gasteiger partial charge in [0.2, 0.25) is 0 Å². The largest absolute Gasteiger partial charge is 0.482 e. The molecule has 0 unspecified atom stereocenters. The third kappa shape index (κ3) is 1.33. The van der Waals surface area contributed by atoms with Crippen molar-refractivity contribution in [3.8, 4) is 5.88 Å². The fourth-order valence-corrected chi connectivity index (χ4v) is 1.52. The molecule has 0 atom stereocenters. The average Bonchev–Trinajstić information content (AvgIpc) is 2.62. The predicted molar refractivity (Wildman–Crippen MR) is 54.5 cm³/mol. The first kappa shape index (κ1) is 9.02. The summed E-state index contributed by atoms with van der Waals surface area (Å²) in [5.74, 6) is 1.77. The van der Waals surface area contributed by atoms with Crippen LogP contribution in [0.1, 0.15) is 5.82 Å². The summed E-state index contributed by atoms with van der Waals surface area (Å²) in [6, 6.07) is 5.89. The van der Waals surface area contributed by atoms with Gasteiger partial charge in [-0.3, -0.25) is 4.40 Å². The maximum absolute atomic E-state index is 5.27. The SMILES string of the molecule is CNCc1ncc2cccc(OC)n12. The monoisotopic (exact) mass is 191 g/mol. The minimum Gasteiger partial charge on any atom is -0.482 e. The van der Waals surface area contributed by atoms with Crippen molar-refractivity contribution in [1.82, 2.24) is 14.7 Å². The first-order chi connectivity index (χ1) is 6.86. The van der Waals surface area contributed by atoms with Crippen molar-refractivity contribution in [2.24, 2.45) is 0 Å². The van der Waals surface area contributed by atoms with Crippen molar-refractivity contribution in [1.29, 1.82) is 0 Å². The lowest BCUT2D eigenvalue weighted by Crippen LogP contribution is -2.09. The lowest BCUT2D eigenvalue weighted by molar-refractivity contribution is 0.389. The molecule has 1 N–H and O–H groups in total. The molecule has 0 bridgehead atoms. The topological polar surface area (TPSA) is 38.6 Å². The van der Waals surface area contributed by atoms with Crippen LogP contribution >= 0.6 is 0 Å². The number of rotatable bonds is 3. The average molecular weight is 191 g/mol. The number of pyridine rings is 1. The maximum Gasteiger partial charge on any atom is 0.199 e. The number of nitrogens with one attached hydrogen (secondary N) is 1. The van der Waals surface area contributed by atoms with Crippen molar-refractivity contribution in [3.05, 3.63) is 30.2 Å². The van der Waals surface area contributed by atoms with Gasteiger partial charge in [-0.15, -0.1) is 0 Å². The van der Waals surface area contributed by atoms with Crippen LogP contribution in [0.3, 0.4) is 0 Å². The van der Waals surface area contributed by atoms with Gasteiger partial charge >= 0.3 is 0 Å². The van der Waals surface area contributed by atoms with Crippen molar-refractivity contribution >= 4 is 5.52 Å². The van der Waals surface area contributed by atoms with E-state index in [1.165, 1.54) is 0 Å². The lowest BCUT2D eigenvalue weighted by atomic mass is 10.4. The second-order valence-electron chi connectivity index (χ2n) is 3.03. The number of fused-ring (bicyclic) bond motifs is 1. The molecular formula is C10H13N3O. The highest BCUT2D eigenvalue weighted by molar-refractivity contribution is 5.49. The molecule has 74 valence electrons. The number of methoxy groups -OCH3 is 1. The Kier molecular flexibility index (Phi) is 2.37. The third-order valence-corrected chi connectivity index (χ3v) is 2.13. The maximum atomic E-state index is 5.27. The summed E-state index contributed by atoms with van der Waals surface area (Å²) < 4.78 is 7.26. The van der Waals surface area contributed by atoms with E-state index in [0.29, 0.717) is 0 Å². The normalized spacial score (nSPS) is 10.7. The van der Waals surface area contributed by atoms with E-state index in [-0.39, 0.29) is 0 Å². The fourth-order valence-electron chi connectivity index (χ4n) is 1.52. The molecule has 0 spiro atoms. The number of hydrogen-bond acceptors (Lipinski definition) is 3. The predicted octanol–water partition coefficient (Wildman–Crippen LogP) is 1.06. The molecule has 0 aliphatic carbocycles. The molecule has 4 heteroatoms. The first-order valence-corrected chi connectivity index (χ1v) is 4.50. The van der Waals surface area contributed by atoms with E-state index in [1.54, 1.807) is 7.11 Å². The molecular weight excluding hydrogens is 178 g/mol. The van der Waals surface area contributed by atoms with Crippen LogP contribution in [0.2, 0.25) is 0 Å². The Labute approximate surface area is 82.5 Å². The van der Waals surface area contributed by atoms with E-state index in [0.717, 1.165) is 23.8 Å². The molecule has 2 aromatic heterocycles. The standard InChI is InChI=1S/C10H13N3O/c1-11-7-9-12-6-8-4-3-5-10(14-2)13(8)9/h3-6,11H,7H2,1-2H3. The van der Waals surface area contributed by atoms with Crippen molar-refractivity contribution < 1.29 is 4.74 Å². The molecule has 0 radical (unpaired) electrons. The van der Waals surface area contributed by atoms with Crippen molar-refractivity contribution in [2.45, 2.75) is 6.54 Å². The molecule has 0 aliphatic heterocycles. The van der Waals surface area contributed by atoms with E-state index in [9.17, 15) is 0 Å². The Morgan fingerprint density at radius 3 is 3.07 bits per heavy atom. The zero-order chi connectivity index (χ0) is 9.97. The molecule has 2 aromatic rings. The molecule has 0 saturated heterocycles. The van der Waals surface area contributed by atoms with Crippen LogP contribution < -0.4 is 10.1 Å². The van der Waals surface area contributed by atoms with Gasteiger partial charge in [0.05, 0.1) is 25.4 Å². The summed E-state index contributed by atoms with van der Waals surface area (Å²) in [7, 11) is 3.56. The van der Waals surface area contributed by atoms with Gasteiger partial charge in [0.25, 0.3) is 0 Å². The second-order valence-corrected chi connectivity index (χ2v) is 3.03. The summed E-state index contributed by atoms with van der Waals surface area (Å²) in [4.78, 5) is 4.31. The summed E-state index contributed by atoms with van der Waals surface area (Å²) in [6.07, 6.45) is 1.84. The van der Waals surface area contributed by atoms with Gasteiger partial charge in [-0.1, -0.05) is 6.07 Å². The van der Waals surface area contributed by atoms with Crippen LogP contribution in [0.15, 0.2) is 24.4 Å². The highest BCUT2D eigenvalue weighted by Gasteiger charge is 2.06. The Balaban J connectivity index is 2.62. The summed E-state index contributed by atoms with van der Waals surface area (Å²) >= 11 is 0. The minimum atomic E-state index is 0.731. The van der Waals surface area contributed by atoms with Gasteiger partial charge < -0.3 is 10.1 Å². The Hall–Kier alpha value is -1.55. The van der Waals surface area contributed by atoms with Gasteiger partial charge in [0.15, 0.2) is 5.88 Å². The molecule has 2 heterocycles. The molecule has 4 nitrogen and oxygen atoms in total. The van der Waals surface area contributed by atoms with E-state index in [2.05, 4.69) is 10.3 Å². The number of aromatic nitrogens is 2. The molecule has 0 aliphatic rings. The number of nitrogens with zero attached hydrogens (tertiary/aromatic N) is 2. The van der Waals surface area contributed by atoms with Gasteiger partial charge in [0, 0.05) is 0 Å². The highest BCUT2D eigenvalue weighted by atomic mass is 16.5. The number of hydrogen-bond donors (Lipinski definition) is 1. The summed E-state index contributed by atoms with van der Waals surface area (Å²) in [5, 5.41) is 3.07. The number of ether oxygens (including phenoxy) is 1. The van der Waals surface area contributed by atoms with E-state index in [4.69, 9.17) is 4.74 Å². The highest BCUT2D eigenvalue weighted by Crippen LogP contribution is 2.16. The third-order valence-electron chi connectivity index (χ3n) is 2.13. The van der Waals surface area contributed by atoms with Gasteiger partial charge in [-0.05, 0) is 19.2 Å². The van der Waals surface area contributed by atoms with Crippen LogP contribution in [0.25, 0.3) is 5.52 Å². The summed E-state index contributed by atoms with van der Waals surface area (Å²) in [5.41, 5.74) is 1.05. The minimum absolute atomic E-state index is 0.731. The smallest absolute Gasteiger partial charge is 0.199 e. The van der Waals surface area contributed by atoms with E-state index >= 15 is 0 Å². The van der Waals surface area contributed by atoms with Crippen LogP contribution in [-0.4, -0.2) is 23.5 Å². The fraction of sp³-hybridized carbons (Fsp3) is 0.300. The van der Waals surface area contributed by atoms with Crippen LogP contribution in [0.5, 0.6) is 5.88 Å². The van der Waals surface area contributed by atoms with Gasteiger partial charge in [0.1, 0.15) is 5.82 Å².